The molecule has 2 nitrogen and oxygen atoms in total. The normalized spacial score (nSPS) is 11.4. The Bertz CT molecular complexity index is 432. The van der Waals surface area contributed by atoms with Crippen molar-refractivity contribution in [2.75, 3.05) is 0 Å². The van der Waals surface area contributed by atoms with Crippen LogP contribution in [-0.2, 0) is 0 Å². The number of pyridine rings is 1. The number of fused-ring (bicyclic) bond motifs is 1. The molecule has 1 N–H and O–H groups in total. The molecule has 0 aromatic carbocycles. The predicted molar refractivity (Wildman–Crippen MR) is 57.0 cm³/mol. The second-order valence-electron chi connectivity index (χ2n) is 3.78. The van der Waals surface area contributed by atoms with E-state index in [9.17, 15) is 0 Å². The van der Waals surface area contributed by atoms with Crippen molar-refractivity contribution in [3.05, 3.63) is 29.6 Å². The SMILES string of the molecule is Cc1cc2ccc(C(C)C)nc2[nH]1.[HH]. The van der Waals surface area contributed by atoms with Gasteiger partial charge < -0.3 is 4.98 Å². The molecule has 2 heterocycles. The molecule has 0 saturated carbocycles. The van der Waals surface area contributed by atoms with Gasteiger partial charge in [0.2, 0.25) is 0 Å². The Morgan fingerprint density at radius 1 is 1.38 bits per heavy atom. The zero-order valence-electron chi connectivity index (χ0n) is 8.26. The van der Waals surface area contributed by atoms with Crippen LogP contribution in [0.5, 0.6) is 0 Å². The van der Waals surface area contributed by atoms with E-state index in [1.54, 1.807) is 0 Å². The lowest BCUT2D eigenvalue weighted by Crippen LogP contribution is -1.91. The largest absolute Gasteiger partial charge is 0.344 e. The van der Waals surface area contributed by atoms with Gasteiger partial charge >= 0.3 is 0 Å². The third-order valence-corrected chi connectivity index (χ3v) is 2.23. The molecule has 0 atom stereocenters. The summed E-state index contributed by atoms with van der Waals surface area (Å²) in [5.41, 5.74) is 3.32. The second-order valence-corrected chi connectivity index (χ2v) is 3.78. The minimum Gasteiger partial charge on any atom is -0.344 e. The van der Waals surface area contributed by atoms with Gasteiger partial charge in [0.05, 0.1) is 0 Å². The van der Waals surface area contributed by atoms with Crippen LogP contribution in [0.2, 0.25) is 0 Å². The summed E-state index contributed by atoms with van der Waals surface area (Å²) >= 11 is 0. The summed E-state index contributed by atoms with van der Waals surface area (Å²) in [4.78, 5) is 7.78. The van der Waals surface area contributed by atoms with Crippen molar-refractivity contribution < 1.29 is 1.43 Å². The standard InChI is InChI=1S/C11H14N2.H2/c1-7(2)10-5-4-9-6-8(3)12-11(9)13-10;/h4-7H,1-3H3,(H,12,13);1H. The molecular formula is C11H16N2. The van der Waals surface area contributed by atoms with E-state index < -0.39 is 0 Å². The molecule has 2 aromatic heterocycles. The van der Waals surface area contributed by atoms with Crippen molar-refractivity contribution in [1.29, 1.82) is 0 Å². The van der Waals surface area contributed by atoms with Gasteiger partial charge in [-0.2, -0.15) is 0 Å². The molecule has 2 rings (SSSR count). The van der Waals surface area contributed by atoms with Crippen LogP contribution in [0.15, 0.2) is 18.2 Å². The Morgan fingerprint density at radius 3 is 2.85 bits per heavy atom. The first-order valence-corrected chi connectivity index (χ1v) is 4.63. The zero-order chi connectivity index (χ0) is 9.42. The molecule has 0 unspecified atom stereocenters. The van der Waals surface area contributed by atoms with Crippen LogP contribution >= 0.6 is 0 Å². The van der Waals surface area contributed by atoms with Crippen molar-refractivity contribution in [2.24, 2.45) is 0 Å². The average Bonchev–Trinajstić information content (AvgIpc) is 2.42. The van der Waals surface area contributed by atoms with E-state index in [0.717, 1.165) is 11.3 Å². The first-order valence-electron chi connectivity index (χ1n) is 4.63. The number of rotatable bonds is 1. The summed E-state index contributed by atoms with van der Waals surface area (Å²) in [7, 11) is 0. The van der Waals surface area contributed by atoms with E-state index in [2.05, 4.69) is 48.9 Å². The Hall–Kier alpha value is -1.31. The van der Waals surface area contributed by atoms with Gasteiger partial charge in [-0.1, -0.05) is 13.8 Å². The number of H-pyrrole nitrogens is 1. The molecule has 0 bridgehead atoms. The Balaban J connectivity index is 0.000000980. The van der Waals surface area contributed by atoms with E-state index in [1.165, 1.54) is 11.1 Å². The summed E-state index contributed by atoms with van der Waals surface area (Å²) in [6.45, 7) is 6.37. The van der Waals surface area contributed by atoms with Gasteiger partial charge in [0.1, 0.15) is 5.65 Å². The zero-order valence-corrected chi connectivity index (χ0v) is 8.26. The highest BCUT2D eigenvalue weighted by molar-refractivity contribution is 5.76. The Labute approximate surface area is 79.5 Å². The lowest BCUT2D eigenvalue weighted by molar-refractivity contribution is 0.828. The molecule has 0 aliphatic carbocycles. The number of aromatic nitrogens is 2. The number of aryl methyl sites for hydroxylation is 1. The molecule has 0 radical (unpaired) electrons. The molecule has 0 aliphatic rings. The van der Waals surface area contributed by atoms with Crippen molar-refractivity contribution in [3.8, 4) is 0 Å². The van der Waals surface area contributed by atoms with E-state index in [0.29, 0.717) is 5.92 Å². The maximum Gasteiger partial charge on any atom is 0.137 e. The third kappa shape index (κ3) is 1.44. The Morgan fingerprint density at radius 2 is 2.15 bits per heavy atom. The minimum absolute atomic E-state index is 0. The molecule has 0 saturated heterocycles. The van der Waals surface area contributed by atoms with Gasteiger partial charge in [-0.25, -0.2) is 4.98 Å². The van der Waals surface area contributed by atoms with E-state index in [-0.39, 0.29) is 1.43 Å². The highest BCUT2D eigenvalue weighted by atomic mass is 14.9. The fourth-order valence-electron chi connectivity index (χ4n) is 1.48. The van der Waals surface area contributed by atoms with Gasteiger partial charge in [-0.3, -0.25) is 0 Å². The number of nitrogens with zero attached hydrogens (tertiary/aromatic N) is 1. The minimum atomic E-state index is 0. The van der Waals surface area contributed by atoms with Crippen LogP contribution in [0.3, 0.4) is 0 Å². The van der Waals surface area contributed by atoms with Crippen LogP contribution in [0.4, 0.5) is 0 Å². The number of nitrogens with one attached hydrogen (secondary N) is 1. The molecule has 70 valence electrons. The Kier molecular flexibility index (Phi) is 1.83. The van der Waals surface area contributed by atoms with Gasteiger partial charge in [-0.15, -0.1) is 0 Å². The quantitative estimate of drug-likeness (QED) is 0.710. The van der Waals surface area contributed by atoms with Gasteiger partial charge in [0.15, 0.2) is 0 Å². The molecule has 0 aliphatic heterocycles. The highest BCUT2D eigenvalue weighted by Crippen LogP contribution is 2.17. The lowest BCUT2D eigenvalue weighted by atomic mass is 10.1. The van der Waals surface area contributed by atoms with Gasteiger partial charge in [0, 0.05) is 18.2 Å². The van der Waals surface area contributed by atoms with E-state index in [4.69, 9.17) is 0 Å². The lowest BCUT2D eigenvalue weighted by Gasteiger charge is -2.02. The van der Waals surface area contributed by atoms with E-state index in [1.807, 2.05) is 0 Å². The molecule has 0 amide bonds. The monoisotopic (exact) mass is 176 g/mol. The average molecular weight is 176 g/mol. The number of hydrogen-bond donors (Lipinski definition) is 1. The molecule has 13 heavy (non-hydrogen) atoms. The molecular weight excluding hydrogens is 160 g/mol. The summed E-state index contributed by atoms with van der Waals surface area (Å²) in [6, 6.07) is 6.34. The van der Waals surface area contributed by atoms with Gasteiger partial charge in [0.25, 0.3) is 0 Å². The summed E-state index contributed by atoms with van der Waals surface area (Å²) in [5.74, 6) is 0.494. The van der Waals surface area contributed by atoms with Crippen LogP contribution in [0.1, 0.15) is 32.6 Å². The fourth-order valence-corrected chi connectivity index (χ4v) is 1.48. The number of hydrogen-bond acceptors (Lipinski definition) is 1. The summed E-state index contributed by atoms with van der Waals surface area (Å²) in [5, 5.41) is 1.20. The van der Waals surface area contributed by atoms with Gasteiger partial charge in [-0.05, 0) is 31.0 Å². The molecule has 2 aromatic rings. The summed E-state index contributed by atoms with van der Waals surface area (Å²) in [6.07, 6.45) is 0. The smallest absolute Gasteiger partial charge is 0.137 e. The van der Waals surface area contributed by atoms with Crippen LogP contribution in [0.25, 0.3) is 11.0 Å². The van der Waals surface area contributed by atoms with Crippen LogP contribution in [0, 0.1) is 6.92 Å². The van der Waals surface area contributed by atoms with Crippen molar-refractivity contribution >= 4 is 11.0 Å². The van der Waals surface area contributed by atoms with Crippen LogP contribution < -0.4 is 0 Å². The molecule has 2 heteroatoms. The third-order valence-electron chi connectivity index (χ3n) is 2.23. The van der Waals surface area contributed by atoms with Crippen molar-refractivity contribution in [3.63, 3.8) is 0 Å². The summed E-state index contributed by atoms with van der Waals surface area (Å²) < 4.78 is 0. The second kappa shape index (κ2) is 2.87. The molecule has 0 fully saturated rings. The number of aromatic amines is 1. The topological polar surface area (TPSA) is 28.7 Å². The van der Waals surface area contributed by atoms with Crippen molar-refractivity contribution in [1.82, 2.24) is 9.97 Å². The molecule has 0 spiro atoms. The van der Waals surface area contributed by atoms with E-state index >= 15 is 0 Å². The first-order chi connectivity index (χ1) is 6.16. The van der Waals surface area contributed by atoms with Crippen molar-refractivity contribution in [2.45, 2.75) is 26.7 Å². The maximum absolute atomic E-state index is 4.54. The fraction of sp³-hybridized carbons (Fsp3) is 0.364. The first kappa shape index (κ1) is 8.30. The maximum atomic E-state index is 4.54. The van der Waals surface area contributed by atoms with Crippen LogP contribution in [-0.4, -0.2) is 9.97 Å². The predicted octanol–water partition coefficient (Wildman–Crippen LogP) is 3.24. The highest BCUT2D eigenvalue weighted by Gasteiger charge is 2.03.